The fraction of sp³-hybridized carbons (Fsp3) is 0.143. The lowest BCUT2D eigenvalue weighted by Gasteiger charge is -2.07. The highest BCUT2D eigenvalue weighted by Gasteiger charge is 2.16. The molecule has 2 rings (SSSR count). The zero-order valence-electron chi connectivity index (χ0n) is 9.84. The van der Waals surface area contributed by atoms with E-state index in [1.807, 2.05) is 0 Å². The topological polar surface area (TPSA) is 74.2 Å². The molecule has 0 radical (unpaired) electrons. The molecule has 0 saturated heterocycles. The van der Waals surface area contributed by atoms with E-state index in [2.05, 4.69) is 6.07 Å². The summed E-state index contributed by atoms with van der Waals surface area (Å²) in [6.07, 6.45) is 0.245. The Labute approximate surface area is 108 Å². The molecule has 1 unspecified atom stereocenters. The Balaban J connectivity index is 2.17. The third-order valence-electron chi connectivity index (χ3n) is 2.71. The van der Waals surface area contributed by atoms with Gasteiger partial charge in [-0.25, -0.2) is 9.18 Å². The van der Waals surface area contributed by atoms with Gasteiger partial charge in [0.2, 0.25) is 5.76 Å². The van der Waals surface area contributed by atoms with Crippen LogP contribution in [0.3, 0.4) is 0 Å². The van der Waals surface area contributed by atoms with E-state index in [9.17, 15) is 9.18 Å². The van der Waals surface area contributed by atoms with Crippen molar-refractivity contribution in [3.05, 3.63) is 59.3 Å². The summed E-state index contributed by atoms with van der Waals surface area (Å²) in [5.41, 5.74) is 0.664. The number of hydrogen-bond acceptors (Lipinski definition) is 3. The number of benzene rings is 1. The van der Waals surface area contributed by atoms with Crippen molar-refractivity contribution < 1.29 is 18.7 Å². The van der Waals surface area contributed by atoms with Crippen molar-refractivity contribution in [1.82, 2.24) is 0 Å². The number of carboxylic acids is 1. The number of halogens is 1. The minimum Gasteiger partial charge on any atom is -0.475 e. The Bertz CT molecular complexity index is 625. The zero-order chi connectivity index (χ0) is 13.8. The minimum absolute atomic E-state index is 0.161. The third kappa shape index (κ3) is 2.99. The van der Waals surface area contributed by atoms with Gasteiger partial charge in [-0.3, -0.25) is 0 Å². The van der Waals surface area contributed by atoms with Crippen LogP contribution in [0.2, 0.25) is 0 Å². The monoisotopic (exact) mass is 259 g/mol. The molecule has 1 N–H and O–H groups in total. The second-order valence-electron chi connectivity index (χ2n) is 4.01. The van der Waals surface area contributed by atoms with Gasteiger partial charge >= 0.3 is 5.97 Å². The van der Waals surface area contributed by atoms with Gasteiger partial charge in [0, 0.05) is 6.42 Å². The number of hydrogen-bond donors (Lipinski definition) is 1. The Morgan fingerprint density at radius 2 is 2.00 bits per heavy atom. The first-order chi connectivity index (χ1) is 9.10. The smallest absolute Gasteiger partial charge is 0.371 e. The van der Waals surface area contributed by atoms with E-state index in [4.69, 9.17) is 14.8 Å². The molecule has 0 aliphatic rings. The number of nitriles is 1. The Morgan fingerprint density at radius 3 is 2.53 bits per heavy atom. The maximum Gasteiger partial charge on any atom is 0.371 e. The summed E-state index contributed by atoms with van der Waals surface area (Å²) < 4.78 is 17.9. The van der Waals surface area contributed by atoms with E-state index in [0.29, 0.717) is 11.3 Å². The van der Waals surface area contributed by atoms with E-state index < -0.39 is 11.9 Å². The molecule has 4 nitrogen and oxygen atoms in total. The van der Waals surface area contributed by atoms with Crippen molar-refractivity contribution in [2.45, 2.75) is 12.3 Å². The first kappa shape index (κ1) is 12.8. The molecule has 1 aromatic heterocycles. The van der Waals surface area contributed by atoms with Crippen LogP contribution in [-0.4, -0.2) is 11.1 Å². The van der Waals surface area contributed by atoms with E-state index in [-0.39, 0.29) is 18.0 Å². The molecular formula is C14H10FNO3. The van der Waals surface area contributed by atoms with Gasteiger partial charge in [0.25, 0.3) is 0 Å². The summed E-state index contributed by atoms with van der Waals surface area (Å²) in [6.45, 7) is 0. The van der Waals surface area contributed by atoms with Gasteiger partial charge in [-0.05, 0) is 29.8 Å². The largest absolute Gasteiger partial charge is 0.475 e. The number of carbonyl (C=O) groups is 1. The lowest BCUT2D eigenvalue weighted by Crippen LogP contribution is -2.00. The van der Waals surface area contributed by atoms with E-state index in [1.54, 1.807) is 0 Å². The number of aromatic carboxylic acids is 1. The van der Waals surface area contributed by atoms with Crippen LogP contribution in [0.1, 0.15) is 27.8 Å². The van der Waals surface area contributed by atoms with E-state index in [0.717, 1.165) is 0 Å². The highest BCUT2D eigenvalue weighted by molar-refractivity contribution is 5.84. The predicted octanol–water partition coefficient (Wildman–Crippen LogP) is 2.97. The molecule has 0 aliphatic heterocycles. The lowest BCUT2D eigenvalue weighted by atomic mass is 9.96. The average Bonchev–Trinajstić information content (AvgIpc) is 2.86. The summed E-state index contributed by atoms with van der Waals surface area (Å²) in [5, 5.41) is 17.9. The Hall–Kier alpha value is -2.61. The van der Waals surface area contributed by atoms with Gasteiger partial charge in [0.05, 0.1) is 12.0 Å². The molecule has 0 fully saturated rings. The average molecular weight is 259 g/mol. The highest BCUT2D eigenvalue weighted by atomic mass is 19.1. The molecule has 0 saturated carbocycles. The van der Waals surface area contributed by atoms with Crippen molar-refractivity contribution in [2.24, 2.45) is 0 Å². The third-order valence-corrected chi connectivity index (χ3v) is 2.71. The van der Waals surface area contributed by atoms with Crippen LogP contribution in [0, 0.1) is 17.1 Å². The lowest BCUT2D eigenvalue weighted by molar-refractivity contribution is 0.0660. The van der Waals surface area contributed by atoms with Crippen molar-refractivity contribution in [3.8, 4) is 6.07 Å². The van der Waals surface area contributed by atoms with Crippen LogP contribution in [0.15, 0.2) is 40.8 Å². The van der Waals surface area contributed by atoms with Crippen LogP contribution in [0.25, 0.3) is 0 Å². The van der Waals surface area contributed by atoms with Gasteiger partial charge in [0.15, 0.2) is 0 Å². The van der Waals surface area contributed by atoms with Gasteiger partial charge in [-0.1, -0.05) is 12.1 Å². The van der Waals surface area contributed by atoms with Crippen molar-refractivity contribution in [2.75, 3.05) is 0 Å². The van der Waals surface area contributed by atoms with Crippen LogP contribution in [0.5, 0.6) is 0 Å². The summed E-state index contributed by atoms with van der Waals surface area (Å²) in [4.78, 5) is 10.7. The van der Waals surface area contributed by atoms with E-state index in [1.165, 1.54) is 36.4 Å². The van der Waals surface area contributed by atoms with Crippen LogP contribution in [-0.2, 0) is 6.42 Å². The second kappa shape index (κ2) is 5.36. The van der Waals surface area contributed by atoms with Crippen molar-refractivity contribution in [1.29, 1.82) is 5.26 Å². The molecule has 0 amide bonds. The number of rotatable bonds is 4. The number of carboxylic acid groups (broad SMARTS) is 1. The maximum absolute atomic E-state index is 12.8. The molecule has 0 spiro atoms. The van der Waals surface area contributed by atoms with Gasteiger partial charge in [0.1, 0.15) is 11.6 Å². The first-order valence-electron chi connectivity index (χ1n) is 5.57. The molecule has 1 aromatic carbocycles. The van der Waals surface area contributed by atoms with Crippen LogP contribution < -0.4 is 0 Å². The molecule has 96 valence electrons. The summed E-state index contributed by atoms with van der Waals surface area (Å²) >= 11 is 0. The maximum atomic E-state index is 12.8. The molecule has 2 aromatic rings. The fourth-order valence-corrected chi connectivity index (χ4v) is 1.74. The first-order valence-corrected chi connectivity index (χ1v) is 5.57. The summed E-state index contributed by atoms with van der Waals surface area (Å²) in [5.74, 6) is -1.78. The molecule has 19 heavy (non-hydrogen) atoms. The number of nitrogens with zero attached hydrogens (tertiary/aromatic N) is 1. The number of furan rings is 1. The van der Waals surface area contributed by atoms with Crippen LogP contribution >= 0.6 is 0 Å². The quantitative estimate of drug-likeness (QED) is 0.915. The van der Waals surface area contributed by atoms with Gasteiger partial charge in [-0.2, -0.15) is 5.26 Å². The fourth-order valence-electron chi connectivity index (χ4n) is 1.74. The molecule has 5 heteroatoms. The summed E-state index contributed by atoms with van der Waals surface area (Å²) in [6, 6.07) is 10.6. The van der Waals surface area contributed by atoms with Gasteiger partial charge in [-0.15, -0.1) is 0 Å². The van der Waals surface area contributed by atoms with Gasteiger partial charge < -0.3 is 9.52 Å². The normalized spacial score (nSPS) is 11.8. The molecule has 1 atom stereocenters. The molecule has 1 heterocycles. The van der Waals surface area contributed by atoms with Crippen molar-refractivity contribution >= 4 is 5.97 Å². The summed E-state index contributed by atoms with van der Waals surface area (Å²) in [7, 11) is 0. The second-order valence-corrected chi connectivity index (χ2v) is 4.01. The predicted molar refractivity (Wildman–Crippen MR) is 64.1 cm³/mol. The Kier molecular flexibility index (Phi) is 3.62. The van der Waals surface area contributed by atoms with Crippen LogP contribution in [0.4, 0.5) is 4.39 Å². The standard InChI is InChI=1S/C14H10FNO3/c15-11-3-1-9(2-4-11)10(8-16)7-12-5-6-13(19-12)14(17)18/h1-6,10H,7H2,(H,17,18). The van der Waals surface area contributed by atoms with Crippen molar-refractivity contribution in [3.63, 3.8) is 0 Å². The van der Waals surface area contributed by atoms with E-state index >= 15 is 0 Å². The zero-order valence-corrected chi connectivity index (χ0v) is 9.84. The molecular weight excluding hydrogens is 249 g/mol. The minimum atomic E-state index is -1.15. The SMILES string of the molecule is N#CC(Cc1ccc(C(=O)O)o1)c1ccc(F)cc1. The Morgan fingerprint density at radius 1 is 1.32 bits per heavy atom. The molecule has 0 bridgehead atoms. The molecule has 0 aliphatic carbocycles. The highest BCUT2D eigenvalue weighted by Crippen LogP contribution is 2.22.